The molecule has 1 aliphatic carbocycles. The first kappa shape index (κ1) is 83.8. The summed E-state index contributed by atoms with van der Waals surface area (Å²) in [6.07, 6.45) is 25.2. The monoisotopic (exact) mass is 1820 g/mol. The highest BCUT2D eigenvalue weighted by Gasteiger charge is 2.34. The summed E-state index contributed by atoms with van der Waals surface area (Å²) in [4.78, 5) is 24.1. The van der Waals surface area contributed by atoms with Crippen LogP contribution in [0.3, 0.4) is 0 Å². The first-order valence-electron chi connectivity index (χ1n) is 50.5. The second kappa shape index (κ2) is 35.4. The maximum absolute atomic E-state index is 8.07. The lowest BCUT2D eigenvalue weighted by molar-refractivity contribution is -0.660. The van der Waals surface area contributed by atoms with Gasteiger partial charge < -0.3 is 4.57 Å². The van der Waals surface area contributed by atoms with Crippen LogP contribution < -0.4 is 22.8 Å². The number of pyridine rings is 5. The molecule has 15 nitrogen and oxygen atoms in total. The van der Waals surface area contributed by atoms with Gasteiger partial charge in [-0.1, -0.05) is 172 Å². The second-order valence-corrected chi connectivity index (χ2v) is 39.3. The van der Waals surface area contributed by atoms with Gasteiger partial charge in [0.15, 0.2) is 31.0 Å². The highest BCUT2D eigenvalue weighted by Crippen LogP contribution is 2.44. The maximum atomic E-state index is 8.07. The molecule has 21 aromatic rings. The normalized spacial score (nSPS) is 13.5. The first-order valence-corrected chi connectivity index (χ1v) is 49.0. The number of nitrogens with zero attached hydrogens (tertiary/aromatic N) is 15. The molecule has 1 fully saturated rings. The molecule has 11 aromatic carbocycles. The number of hydrogen-bond donors (Lipinski definition) is 0. The molecule has 0 radical (unpaired) electrons. The summed E-state index contributed by atoms with van der Waals surface area (Å²) >= 11 is 0. The predicted molar refractivity (Wildman–Crippen MR) is 559 cm³/mol. The van der Waals surface area contributed by atoms with E-state index in [1.54, 1.807) is 6.20 Å². The molecule has 1 saturated carbocycles. The van der Waals surface area contributed by atoms with Gasteiger partial charge in [0.1, 0.15) is 64.4 Å². The Morgan fingerprint density at radius 1 is 0.288 bits per heavy atom. The Bertz CT molecular complexity index is 8670. The average molecular weight is 1820 g/mol. The molecule has 27 rings (SSSR count). The standard InChI is InChI=1S/C28H30N3.C27H22N3.C25H24N3.C23H22N3.C21H18N3/c1-19-14-22-17-28-29-24-10-6-7-11-25(24)31(28)26(22)18-23(19)27-16-21(12-13-30(27)2)15-20-8-4-3-5-9-20;1-18-14-21-16-27-28-23-10-6-7-11-24(23)30(27)25(21)17-22(18)26-15-20(12-13-29(26)2)19-8-4-3-5-9-19;1-16-10-20-11-25-26-18(3)15-28(25)23(20)13-22(16)24-12-21(17(2)14-27(24)4)19-8-6-5-7-9-19;1-14-10-22(25(4)13-16(14)3)18-12-21-17(9-15(18)2)11-23-24-19-7-5-6-8-20(19)26(21)23;1-14-11-15-12-21-22-17-7-3-4-9-19(17)24(21)20(15)13-16(14)18-8-5-6-10-23(18)2/h6-7,10-14,16,18,20H,3-5,8-9,15,17H2,1-2H3;3-15,17H,16H2,1-2H3;5-10,12-15H,11H2,1-4H3;5-10,12-13H,11H2,1-4H3;3-11,13H,12H2,1-2H3/q5*+1/i;;2D3;;. The smallest absolute Gasteiger partial charge is 0.213 e. The van der Waals surface area contributed by atoms with Crippen LogP contribution in [0.4, 0.5) is 0 Å². The van der Waals surface area contributed by atoms with Crippen molar-refractivity contribution >= 4 is 44.1 Å². The zero-order chi connectivity index (χ0) is 97.4. The number of benzene rings is 11. The summed E-state index contributed by atoms with van der Waals surface area (Å²) in [6, 6.07) is 97.1. The van der Waals surface area contributed by atoms with Crippen molar-refractivity contribution < 1.29 is 26.9 Å². The van der Waals surface area contributed by atoms with Crippen LogP contribution in [0.1, 0.15) is 149 Å². The van der Waals surface area contributed by atoms with Crippen molar-refractivity contribution in [3.05, 3.63) is 423 Å². The highest BCUT2D eigenvalue weighted by molar-refractivity contribution is 5.87. The van der Waals surface area contributed by atoms with Crippen molar-refractivity contribution in [2.45, 2.75) is 133 Å². The lowest BCUT2D eigenvalue weighted by Crippen LogP contribution is -2.31. The Morgan fingerprint density at radius 3 is 1.12 bits per heavy atom. The number of hydrogen-bond acceptors (Lipinski definition) is 5. The summed E-state index contributed by atoms with van der Waals surface area (Å²) in [6.45, 7) is 15.2. The minimum absolute atomic E-state index is 0.358. The molecule has 15 heterocycles. The van der Waals surface area contributed by atoms with E-state index < -0.39 is 6.85 Å². The Balaban J connectivity index is 0.0000000989. The minimum atomic E-state index is -2.20. The maximum Gasteiger partial charge on any atom is 0.213 e. The fourth-order valence-corrected chi connectivity index (χ4v) is 22.6. The molecule has 0 N–H and O–H groups in total. The van der Waals surface area contributed by atoms with Gasteiger partial charge in [0, 0.05) is 102 Å². The molecule has 15 heteroatoms. The van der Waals surface area contributed by atoms with Gasteiger partial charge >= 0.3 is 0 Å². The van der Waals surface area contributed by atoms with E-state index in [9.17, 15) is 0 Å². The van der Waals surface area contributed by atoms with E-state index in [1.807, 2.05) is 54.9 Å². The number of aromatic nitrogens is 15. The zero-order valence-electron chi connectivity index (χ0n) is 84.5. The van der Waals surface area contributed by atoms with Crippen LogP contribution >= 0.6 is 0 Å². The molecule has 0 atom stereocenters. The summed E-state index contributed by atoms with van der Waals surface area (Å²) < 4.78 is 46.5. The average Bonchev–Trinajstić information content (AvgIpc) is 1.59. The van der Waals surface area contributed by atoms with Crippen molar-refractivity contribution in [1.82, 2.24) is 47.8 Å². The number of aryl methyl sites for hydroxylation is 14. The Labute approximate surface area is 817 Å². The Kier molecular flexibility index (Phi) is 21.4. The Hall–Kier alpha value is -15.7. The fraction of sp³-hybridized carbons (Fsp3) is 0.210. The van der Waals surface area contributed by atoms with Crippen LogP contribution in [-0.4, -0.2) is 47.8 Å². The van der Waals surface area contributed by atoms with E-state index in [4.69, 9.17) is 24.0 Å². The van der Waals surface area contributed by atoms with Crippen LogP contribution in [0, 0.1) is 68.2 Å². The quantitative estimate of drug-likeness (QED) is 0.134. The third kappa shape index (κ3) is 15.9. The van der Waals surface area contributed by atoms with Gasteiger partial charge in [-0.2, -0.15) is 0 Å². The van der Waals surface area contributed by atoms with E-state index in [2.05, 4.69) is 390 Å². The molecule has 0 saturated heterocycles. The number of para-hydroxylation sites is 8. The van der Waals surface area contributed by atoms with Gasteiger partial charge in [0.05, 0.1) is 106 Å². The van der Waals surface area contributed by atoms with Gasteiger partial charge in [0.25, 0.3) is 0 Å². The van der Waals surface area contributed by atoms with Crippen molar-refractivity contribution in [3.63, 3.8) is 0 Å². The van der Waals surface area contributed by atoms with E-state index >= 15 is 0 Å². The molecule has 0 bridgehead atoms. The summed E-state index contributed by atoms with van der Waals surface area (Å²) in [5.74, 6) is 6.49. The number of imidazole rings is 5. The van der Waals surface area contributed by atoms with Crippen LogP contribution in [0.25, 0.3) is 151 Å². The van der Waals surface area contributed by atoms with Crippen molar-refractivity contribution in [1.29, 1.82) is 0 Å². The molecule has 0 spiro atoms. The molecule has 10 aromatic heterocycles. The lowest BCUT2D eigenvalue weighted by Gasteiger charge is -2.21. The third-order valence-electron chi connectivity index (χ3n) is 29.8. The number of rotatable bonds is 9. The predicted octanol–water partition coefficient (Wildman–Crippen LogP) is 24.2. The Morgan fingerprint density at radius 2 is 0.662 bits per heavy atom. The summed E-state index contributed by atoms with van der Waals surface area (Å²) in [5, 5.41) is 0. The molecule has 139 heavy (non-hydrogen) atoms. The van der Waals surface area contributed by atoms with Crippen molar-refractivity contribution in [3.8, 4) is 107 Å². The SMILES string of the molecule is Cc1cc(-c2cc3c(cc2C)Cc2nc4ccccc4n2-3)[n+](C)cc1C.Cc1cc2c(cc1-c1cc(-c3ccccc3)cc[n+]1C)-n1c(nc3ccccc31)C2.Cc1cc2c(cc1-c1cc(CC3CCCCC3)cc[n+]1C)-n1c(nc3ccccc31)C2.Cc1cc2c(cc1-c1cccc[n+]1C)-n1c(nc3ccccc31)C2.[2H]C([2H])([2H])c1c[n+](C)c(-c2cc3c(cc2C)Cc2nc(C)cn2-3)cc1-c1ccccc1. The van der Waals surface area contributed by atoms with Gasteiger partial charge in [-0.05, 0) is 249 Å². The van der Waals surface area contributed by atoms with Crippen LogP contribution in [0.5, 0.6) is 0 Å². The van der Waals surface area contributed by atoms with E-state index in [1.165, 1.54) is 206 Å². The summed E-state index contributed by atoms with van der Waals surface area (Å²) in [7, 11) is 10.4. The van der Waals surface area contributed by atoms with Gasteiger partial charge in [-0.3, -0.25) is 18.3 Å². The van der Waals surface area contributed by atoms with Crippen molar-refractivity contribution in [2.75, 3.05) is 0 Å². The molecule has 6 aliphatic rings. The van der Waals surface area contributed by atoms with E-state index in [-0.39, 0.29) is 0 Å². The van der Waals surface area contributed by atoms with Gasteiger partial charge in [0.2, 0.25) is 28.5 Å². The molecule has 0 amide bonds. The first-order chi connectivity index (χ1) is 68.8. The lowest BCUT2D eigenvalue weighted by atomic mass is 9.85. The summed E-state index contributed by atoms with van der Waals surface area (Å²) in [5.41, 5.74) is 50.4. The molecule has 5 aliphatic heterocycles. The second-order valence-electron chi connectivity index (χ2n) is 39.3. The van der Waals surface area contributed by atoms with E-state index in [0.29, 0.717) is 5.56 Å². The number of fused-ring (bicyclic) bond motifs is 23. The topological polar surface area (TPSA) is 108 Å². The molecule has 682 valence electrons. The van der Waals surface area contributed by atoms with Gasteiger partial charge in [-0.25, -0.2) is 47.8 Å². The highest BCUT2D eigenvalue weighted by atomic mass is 15.1. The van der Waals surface area contributed by atoms with Crippen molar-refractivity contribution in [2.24, 2.45) is 41.2 Å². The largest absolute Gasteiger partial charge is 0.303 e. The van der Waals surface area contributed by atoms with E-state index in [0.717, 1.165) is 129 Å². The van der Waals surface area contributed by atoms with Crippen LogP contribution in [0.2, 0.25) is 0 Å². The zero-order valence-corrected chi connectivity index (χ0v) is 81.5. The molecular weight excluding hydrogens is 1700 g/mol. The van der Waals surface area contributed by atoms with Crippen LogP contribution in [0.15, 0.2) is 310 Å². The molecule has 0 unspecified atom stereocenters. The minimum Gasteiger partial charge on any atom is -0.303 e. The fourth-order valence-electron chi connectivity index (χ4n) is 22.6. The van der Waals surface area contributed by atoms with Gasteiger partial charge in [-0.15, -0.1) is 0 Å². The van der Waals surface area contributed by atoms with Crippen LogP contribution in [-0.2, 0) is 73.8 Å². The third-order valence-corrected chi connectivity index (χ3v) is 29.8. The molecular formula is C124H116N15+5.